The summed E-state index contributed by atoms with van der Waals surface area (Å²) in [5.41, 5.74) is 0. The van der Waals surface area contributed by atoms with Crippen molar-refractivity contribution in [1.29, 1.82) is 0 Å². The summed E-state index contributed by atoms with van der Waals surface area (Å²) >= 11 is 0. The highest BCUT2D eigenvalue weighted by Crippen LogP contribution is 2.11. The number of rotatable bonds is 6. The highest BCUT2D eigenvalue weighted by Gasteiger charge is 2.20. The first-order chi connectivity index (χ1) is 10.1. The van der Waals surface area contributed by atoms with Crippen molar-refractivity contribution in [3.63, 3.8) is 0 Å². The van der Waals surface area contributed by atoms with Crippen LogP contribution in [0.2, 0.25) is 0 Å². The van der Waals surface area contributed by atoms with Crippen LogP contribution >= 0.6 is 0 Å². The van der Waals surface area contributed by atoms with Gasteiger partial charge in [0.15, 0.2) is 0 Å². The quantitative estimate of drug-likeness (QED) is 0.651. The monoisotopic (exact) mass is 299 g/mol. The summed E-state index contributed by atoms with van der Waals surface area (Å²) in [4.78, 5) is 23.6. The fraction of sp³-hybridized carbons (Fsp3) is 0.857. The molecule has 0 aromatic heterocycles. The van der Waals surface area contributed by atoms with Crippen molar-refractivity contribution >= 4 is 11.9 Å². The predicted molar refractivity (Wildman–Crippen MR) is 77.0 cm³/mol. The van der Waals surface area contributed by atoms with Crippen LogP contribution in [0.1, 0.15) is 32.6 Å². The van der Waals surface area contributed by atoms with Gasteiger partial charge in [-0.2, -0.15) is 0 Å². The molecule has 0 radical (unpaired) electrons. The first-order valence-corrected chi connectivity index (χ1v) is 7.70. The predicted octanol–water partition coefficient (Wildman–Crippen LogP) is 0.148. The molecule has 0 aromatic rings. The molecule has 2 heterocycles. The maximum atomic E-state index is 11.9. The molecule has 7 heteroatoms. The molecule has 2 unspecified atom stereocenters. The van der Waals surface area contributed by atoms with E-state index in [1.165, 1.54) is 0 Å². The Morgan fingerprint density at radius 1 is 1.05 bits per heavy atom. The molecule has 3 amide bonds. The summed E-state index contributed by atoms with van der Waals surface area (Å²) in [5.74, 6) is -0.197. The minimum atomic E-state index is -0.573. The molecule has 0 aromatic carbocycles. The van der Waals surface area contributed by atoms with Crippen LogP contribution in [-0.4, -0.2) is 56.5 Å². The van der Waals surface area contributed by atoms with Crippen LogP contribution < -0.4 is 16.0 Å². The maximum Gasteiger partial charge on any atom is 0.315 e. The molecule has 2 rings (SSSR count). The molecule has 0 aliphatic carbocycles. The van der Waals surface area contributed by atoms with E-state index in [1.54, 1.807) is 6.92 Å². The molecule has 2 aliphatic heterocycles. The summed E-state index contributed by atoms with van der Waals surface area (Å²) in [7, 11) is 0. The van der Waals surface area contributed by atoms with Gasteiger partial charge in [-0.1, -0.05) is 0 Å². The van der Waals surface area contributed by atoms with Gasteiger partial charge in [-0.3, -0.25) is 4.79 Å². The number of nitrogens with one attached hydrogen (secondary N) is 3. The van der Waals surface area contributed by atoms with Crippen LogP contribution in [-0.2, 0) is 14.3 Å². The molecule has 3 N–H and O–H groups in total. The van der Waals surface area contributed by atoms with Crippen LogP contribution in [0.4, 0.5) is 4.79 Å². The number of ether oxygens (including phenoxy) is 2. The molecule has 2 aliphatic rings. The van der Waals surface area contributed by atoms with Crippen LogP contribution in [0, 0.1) is 0 Å². The Kier molecular flexibility index (Phi) is 6.25. The SMILES string of the molecule is C[C@H](NC(=O)NCC1CCCO1)C(=O)NCC1CCCO1. The molecule has 2 saturated heterocycles. The van der Waals surface area contributed by atoms with E-state index in [4.69, 9.17) is 9.47 Å². The third kappa shape index (κ3) is 5.51. The smallest absolute Gasteiger partial charge is 0.315 e. The number of carbonyl (C=O) groups excluding carboxylic acids is 2. The Labute approximate surface area is 125 Å². The van der Waals surface area contributed by atoms with Crippen molar-refractivity contribution in [1.82, 2.24) is 16.0 Å². The molecule has 0 spiro atoms. The molecule has 0 bridgehead atoms. The van der Waals surface area contributed by atoms with Gasteiger partial charge in [0.1, 0.15) is 6.04 Å². The number of hydrogen-bond acceptors (Lipinski definition) is 4. The van der Waals surface area contributed by atoms with E-state index >= 15 is 0 Å². The second kappa shape index (κ2) is 8.19. The van der Waals surface area contributed by atoms with Gasteiger partial charge in [-0.05, 0) is 32.6 Å². The first kappa shape index (κ1) is 16.0. The lowest BCUT2D eigenvalue weighted by Crippen LogP contribution is -2.50. The fourth-order valence-corrected chi connectivity index (χ4v) is 2.50. The van der Waals surface area contributed by atoms with E-state index in [0.29, 0.717) is 13.1 Å². The van der Waals surface area contributed by atoms with Gasteiger partial charge >= 0.3 is 6.03 Å². The Morgan fingerprint density at radius 3 is 2.14 bits per heavy atom. The van der Waals surface area contributed by atoms with Crippen molar-refractivity contribution in [2.45, 2.75) is 50.9 Å². The van der Waals surface area contributed by atoms with Crippen LogP contribution in [0.25, 0.3) is 0 Å². The van der Waals surface area contributed by atoms with Gasteiger partial charge in [0, 0.05) is 26.3 Å². The lowest BCUT2D eigenvalue weighted by molar-refractivity contribution is -0.123. The Balaban J connectivity index is 1.58. The Hall–Kier alpha value is -1.34. The first-order valence-electron chi connectivity index (χ1n) is 7.70. The highest BCUT2D eigenvalue weighted by atomic mass is 16.5. The van der Waals surface area contributed by atoms with E-state index in [-0.39, 0.29) is 24.1 Å². The Bertz CT molecular complexity index is 352. The minimum absolute atomic E-state index is 0.0967. The molecular formula is C14H25N3O4. The minimum Gasteiger partial charge on any atom is -0.376 e. The summed E-state index contributed by atoms with van der Waals surface area (Å²) in [6.07, 6.45) is 4.23. The maximum absolute atomic E-state index is 11.9. The average molecular weight is 299 g/mol. The molecule has 2 fully saturated rings. The molecule has 7 nitrogen and oxygen atoms in total. The van der Waals surface area contributed by atoms with Crippen LogP contribution in [0.5, 0.6) is 0 Å². The molecule has 3 atom stereocenters. The van der Waals surface area contributed by atoms with Crippen molar-refractivity contribution in [2.75, 3.05) is 26.3 Å². The zero-order valence-electron chi connectivity index (χ0n) is 12.5. The Morgan fingerprint density at radius 2 is 1.62 bits per heavy atom. The van der Waals surface area contributed by atoms with E-state index in [9.17, 15) is 9.59 Å². The highest BCUT2D eigenvalue weighted by molar-refractivity contribution is 5.86. The summed E-state index contributed by atoms with van der Waals surface area (Å²) in [6.45, 7) is 4.17. The van der Waals surface area contributed by atoms with Crippen molar-refractivity contribution in [3.05, 3.63) is 0 Å². The standard InChI is InChI=1S/C14H25N3O4/c1-10(13(18)15-8-11-4-2-6-20-11)17-14(19)16-9-12-5-3-7-21-12/h10-12H,2-9H2,1H3,(H,15,18)(H2,16,17,19)/t10-,11?,12?/m0/s1. The molecule has 120 valence electrons. The van der Waals surface area contributed by atoms with Gasteiger partial charge in [-0.25, -0.2) is 4.79 Å². The van der Waals surface area contributed by atoms with Gasteiger partial charge < -0.3 is 25.4 Å². The van der Waals surface area contributed by atoms with E-state index in [0.717, 1.165) is 38.9 Å². The molecular weight excluding hydrogens is 274 g/mol. The number of urea groups is 1. The van der Waals surface area contributed by atoms with E-state index in [1.807, 2.05) is 0 Å². The second-order valence-corrected chi connectivity index (χ2v) is 5.59. The van der Waals surface area contributed by atoms with E-state index in [2.05, 4.69) is 16.0 Å². The third-order valence-electron chi connectivity index (χ3n) is 3.78. The van der Waals surface area contributed by atoms with E-state index < -0.39 is 6.04 Å². The average Bonchev–Trinajstić information content (AvgIpc) is 3.15. The topological polar surface area (TPSA) is 88.7 Å². The van der Waals surface area contributed by atoms with Crippen LogP contribution in [0.3, 0.4) is 0 Å². The van der Waals surface area contributed by atoms with Crippen molar-refractivity contribution in [3.8, 4) is 0 Å². The normalized spacial score (nSPS) is 26.3. The van der Waals surface area contributed by atoms with Crippen molar-refractivity contribution < 1.29 is 19.1 Å². The summed E-state index contributed by atoms with van der Waals surface area (Å²) in [6, 6.07) is -0.916. The summed E-state index contributed by atoms with van der Waals surface area (Å²) in [5, 5.41) is 8.14. The van der Waals surface area contributed by atoms with Gasteiger partial charge in [-0.15, -0.1) is 0 Å². The molecule has 0 saturated carbocycles. The largest absolute Gasteiger partial charge is 0.376 e. The number of hydrogen-bond donors (Lipinski definition) is 3. The fourth-order valence-electron chi connectivity index (χ4n) is 2.50. The number of amides is 3. The third-order valence-corrected chi connectivity index (χ3v) is 3.78. The zero-order valence-corrected chi connectivity index (χ0v) is 12.5. The van der Waals surface area contributed by atoms with Crippen LogP contribution in [0.15, 0.2) is 0 Å². The molecule has 21 heavy (non-hydrogen) atoms. The van der Waals surface area contributed by atoms with Crippen molar-refractivity contribution in [2.24, 2.45) is 0 Å². The lowest BCUT2D eigenvalue weighted by atomic mass is 10.2. The zero-order chi connectivity index (χ0) is 15.1. The summed E-state index contributed by atoms with van der Waals surface area (Å²) < 4.78 is 10.8. The second-order valence-electron chi connectivity index (χ2n) is 5.59. The number of carbonyl (C=O) groups is 2. The van der Waals surface area contributed by atoms with Gasteiger partial charge in [0.05, 0.1) is 12.2 Å². The van der Waals surface area contributed by atoms with Gasteiger partial charge in [0.2, 0.25) is 5.91 Å². The lowest BCUT2D eigenvalue weighted by Gasteiger charge is -2.17. The van der Waals surface area contributed by atoms with Gasteiger partial charge in [0.25, 0.3) is 0 Å².